The molecular weight excluding hydrogens is 372 g/mol. The molecule has 0 radical (unpaired) electrons. The molecule has 4 heteroatoms. The molecule has 1 heterocycles. The fourth-order valence-electron chi connectivity index (χ4n) is 2.29. The largest absolute Gasteiger partial charge is 0.381 e. The van der Waals surface area contributed by atoms with Gasteiger partial charge in [-0.1, -0.05) is 50.1 Å². The van der Waals surface area contributed by atoms with Gasteiger partial charge in [-0.05, 0) is 37.3 Å². The first-order valence-electron chi connectivity index (χ1n) is 6.68. The van der Waals surface area contributed by atoms with Gasteiger partial charge in [-0.15, -0.1) is 0 Å². The predicted octanol–water partition coefficient (Wildman–Crippen LogP) is 4.50. The van der Waals surface area contributed by atoms with E-state index in [1.807, 2.05) is 6.07 Å². The molecule has 0 spiro atoms. The summed E-state index contributed by atoms with van der Waals surface area (Å²) in [6.07, 6.45) is 2.21. The van der Waals surface area contributed by atoms with E-state index in [1.54, 1.807) is 0 Å². The minimum atomic E-state index is -0.293. The summed E-state index contributed by atoms with van der Waals surface area (Å²) in [5, 5.41) is 0.784. The predicted molar refractivity (Wildman–Crippen MR) is 84.8 cm³/mol. The van der Waals surface area contributed by atoms with Crippen molar-refractivity contribution in [3.8, 4) is 0 Å². The van der Waals surface area contributed by atoms with E-state index >= 15 is 0 Å². The highest BCUT2D eigenvalue weighted by Crippen LogP contribution is 2.34. The third kappa shape index (κ3) is 4.03. The number of hydrogen-bond acceptors (Lipinski definition) is 2. The monoisotopic (exact) mass is 390 g/mol. The lowest BCUT2D eigenvalue weighted by molar-refractivity contribution is -0.0558. The van der Waals surface area contributed by atoms with Crippen LogP contribution in [0.2, 0.25) is 0 Å². The van der Waals surface area contributed by atoms with Crippen LogP contribution < -0.4 is 0 Å². The molecule has 1 aromatic rings. The standard InChI is InChI=1S/C15H20Br2O2/c1-15(11-16,13-4-2-3-5-14(13)17)19-10-12-6-8-18-9-7-12/h2-5,12H,6-11H2,1H3. The second-order valence-electron chi connectivity index (χ2n) is 5.21. The van der Waals surface area contributed by atoms with Crippen molar-refractivity contribution < 1.29 is 9.47 Å². The maximum Gasteiger partial charge on any atom is 0.101 e. The number of hydrogen-bond donors (Lipinski definition) is 0. The van der Waals surface area contributed by atoms with Gasteiger partial charge in [0.25, 0.3) is 0 Å². The normalized spacial score (nSPS) is 20.2. The zero-order valence-electron chi connectivity index (χ0n) is 11.2. The Kier molecular flexibility index (Phi) is 5.87. The zero-order valence-corrected chi connectivity index (χ0v) is 14.4. The van der Waals surface area contributed by atoms with Crippen LogP contribution in [-0.2, 0) is 15.1 Å². The molecule has 1 aliphatic heterocycles. The minimum absolute atomic E-state index is 0.293. The van der Waals surface area contributed by atoms with Crippen molar-refractivity contribution in [3.63, 3.8) is 0 Å². The lowest BCUT2D eigenvalue weighted by atomic mass is 9.96. The number of benzene rings is 1. The molecule has 0 bridgehead atoms. The molecule has 0 saturated carbocycles. The summed E-state index contributed by atoms with van der Waals surface area (Å²) in [7, 11) is 0. The van der Waals surface area contributed by atoms with Crippen LogP contribution in [0.1, 0.15) is 25.3 Å². The second-order valence-corrected chi connectivity index (χ2v) is 6.63. The van der Waals surface area contributed by atoms with Crippen LogP contribution in [0.3, 0.4) is 0 Å². The van der Waals surface area contributed by atoms with Crippen molar-refractivity contribution in [1.29, 1.82) is 0 Å². The molecule has 0 aromatic heterocycles. The topological polar surface area (TPSA) is 18.5 Å². The van der Waals surface area contributed by atoms with E-state index in [2.05, 4.69) is 57.0 Å². The van der Waals surface area contributed by atoms with Crippen LogP contribution in [0, 0.1) is 5.92 Å². The summed E-state index contributed by atoms with van der Waals surface area (Å²) < 4.78 is 12.7. The van der Waals surface area contributed by atoms with Gasteiger partial charge in [-0.2, -0.15) is 0 Å². The molecule has 1 unspecified atom stereocenters. The molecule has 0 aliphatic carbocycles. The number of rotatable bonds is 5. The maximum absolute atomic E-state index is 6.25. The Morgan fingerprint density at radius 3 is 2.63 bits per heavy atom. The fourth-order valence-corrected chi connectivity index (χ4v) is 3.46. The lowest BCUT2D eigenvalue weighted by Gasteiger charge is -2.32. The molecule has 2 rings (SSSR count). The summed E-state index contributed by atoms with van der Waals surface area (Å²) in [6.45, 7) is 4.68. The van der Waals surface area contributed by atoms with Crippen molar-refractivity contribution in [2.45, 2.75) is 25.4 Å². The van der Waals surface area contributed by atoms with E-state index in [9.17, 15) is 0 Å². The van der Waals surface area contributed by atoms with Gasteiger partial charge in [0.1, 0.15) is 5.60 Å². The Hall–Kier alpha value is 0.100. The third-order valence-corrected chi connectivity index (χ3v) is 5.44. The highest BCUT2D eigenvalue weighted by atomic mass is 79.9. The van der Waals surface area contributed by atoms with Crippen LogP contribution in [0.25, 0.3) is 0 Å². The molecule has 1 fully saturated rings. The van der Waals surface area contributed by atoms with Crippen LogP contribution in [0.15, 0.2) is 28.7 Å². The molecule has 0 amide bonds. The fraction of sp³-hybridized carbons (Fsp3) is 0.600. The van der Waals surface area contributed by atoms with Crippen molar-refractivity contribution >= 4 is 31.9 Å². The molecule has 19 heavy (non-hydrogen) atoms. The molecular formula is C15H20Br2O2. The van der Waals surface area contributed by atoms with Gasteiger partial charge in [0.2, 0.25) is 0 Å². The maximum atomic E-state index is 6.25. The first kappa shape index (κ1) is 15.5. The Morgan fingerprint density at radius 1 is 1.32 bits per heavy atom. The Morgan fingerprint density at radius 2 is 2.00 bits per heavy atom. The van der Waals surface area contributed by atoms with Gasteiger partial charge >= 0.3 is 0 Å². The molecule has 106 valence electrons. The van der Waals surface area contributed by atoms with Crippen molar-refractivity contribution in [1.82, 2.24) is 0 Å². The number of alkyl halides is 1. The first-order valence-corrected chi connectivity index (χ1v) is 8.60. The highest BCUT2D eigenvalue weighted by Gasteiger charge is 2.29. The first-order chi connectivity index (χ1) is 9.15. The Labute approximate surface area is 132 Å². The van der Waals surface area contributed by atoms with Crippen LogP contribution in [0.5, 0.6) is 0 Å². The Balaban J connectivity index is 2.03. The summed E-state index contributed by atoms with van der Waals surface area (Å²) in [5.74, 6) is 0.620. The molecule has 1 aromatic carbocycles. The Bertz CT molecular complexity index is 405. The van der Waals surface area contributed by atoms with Gasteiger partial charge in [-0.25, -0.2) is 0 Å². The second kappa shape index (κ2) is 7.21. The highest BCUT2D eigenvalue weighted by molar-refractivity contribution is 9.10. The van der Waals surface area contributed by atoms with E-state index < -0.39 is 0 Å². The summed E-state index contributed by atoms with van der Waals surface area (Å²) in [5.41, 5.74) is 0.900. The smallest absolute Gasteiger partial charge is 0.101 e. The summed E-state index contributed by atoms with van der Waals surface area (Å²) in [6, 6.07) is 8.27. The van der Waals surface area contributed by atoms with E-state index in [1.165, 1.54) is 5.56 Å². The van der Waals surface area contributed by atoms with Gasteiger partial charge in [0.15, 0.2) is 0 Å². The van der Waals surface area contributed by atoms with Gasteiger partial charge < -0.3 is 9.47 Å². The van der Waals surface area contributed by atoms with Gasteiger partial charge in [0.05, 0.1) is 6.61 Å². The molecule has 2 nitrogen and oxygen atoms in total. The summed E-state index contributed by atoms with van der Waals surface area (Å²) >= 11 is 7.22. The van der Waals surface area contributed by atoms with Crippen LogP contribution >= 0.6 is 31.9 Å². The van der Waals surface area contributed by atoms with Gasteiger partial charge in [0, 0.05) is 23.0 Å². The quantitative estimate of drug-likeness (QED) is 0.687. The third-order valence-electron chi connectivity index (χ3n) is 3.68. The van der Waals surface area contributed by atoms with E-state index in [0.29, 0.717) is 5.92 Å². The van der Waals surface area contributed by atoms with Crippen LogP contribution in [-0.4, -0.2) is 25.2 Å². The molecule has 1 atom stereocenters. The van der Waals surface area contributed by atoms with E-state index in [-0.39, 0.29) is 5.60 Å². The van der Waals surface area contributed by atoms with Crippen molar-refractivity contribution in [3.05, 3.63) is 34.3 Å². The number of halogens is 2. The summed E-state index contributed by atoms with van der Waals surface area (Å²) in [4.78, 5) is 0. The molecule has 0 N–H and O–H groups in total. The molecule has 1 saturated heterocycles. The van der Waals surface area contributed by atoms with Crippen LogP contribution in [0.4, 0.5) is 0 Å². The molecule has 1 aliphatic rings. The average Bonchev–Trinajstić information content (AvgIpc) is 2.46. The van der Waals surface area contributed by atoms with E-state index in [4.69, 9.17) is 9.47 Å². The van der Waals surface area contributed by atoms with Crippen molar-refractivity contribution in [2.24, 2.45) is 5.92 Å². The van der Waals surface area contributed by atoms with Crippen molar-refractivity contribution in [2.75, 3.05) is 25.2 Å². The minimum Gasteiger partial charge on any atom is -0.381 e. The average molecular weight is 392 g/mol. The SMILES string of the molecule is CC(CBr)(OCC1CCOCC1)c1ccccc1Br. The lowest BCUT2D eigenvalue weighted by Crippen LogP contribution is -2.32. The number of ether oxygens (including phenoxy) is 2. The van der Waals surface area contributed by atoms with E-state index in [0.717, 1.165) is 42.5 Å². The zero-order chi connectivity index (χ0) is 13.7. The van der Waals surface area contributed by atoms with Gasteiger partial charge in [-0.3, -0.25) is 0 Å².